The van der Waals surface area contributed by atoms with Crippen molar-refractivity contribution in [3.8, 4) is 11.5 Å². The molecule has 1 aliphatic heterocycles. The van der Waals surface area contributed by atoms with Gasteiger partial charge in [0.15, 0.2) is 21.3 Å². The molecule has 2 rings (SSSR count). The van der Waals surface area contributed by atoms with Gasteiger partial charge >= 0.3 is 0 Å². The number of nitrogens with one attached hydrogen (secondary N) is 1. The highest BCUT2D eigenvalue weighted by Gasteiger charge is 2.24. The Morgan fingerprint density at radius 3 is 2.47 bits per heavy atom. The number of benzene rings is 1. The van der Waals surface area contributed by atoms with Crippen LogP contribution in [0.25, 0.3) is 0 Å². The largest absolute Gasteiger partial charge is 0.493 e. The molecule has 1 aromatic carbocycles. The van der Waals surface area contributed by atoms with Crippen molar-refractivity contribution >= 4 is 15.5 Å². The first kappa shape index (κ1) is 12.0. The fraction of sp³-hybridized carbons (Fsp3) is 0.455. The van der Waals surface area contributed by atoms with Gasteiger partial charge in [-0.05, 0) is 6.42 Å². The molecule has 0 radical (unpaired) electrons. The van der Waals surface area contributed by atoms with Crippen molar-refractivity contribution in [3.05, 3.63) is 12.1 Å². The molecule has 0 amide bonds. The molecule has 0 fully saturated rings. The highest BCUT2D eigenvalue weighted by molar-refractivity contribution is 7.91. The Balaban J connectivity index is 2.64. The van der Waals surface area contributed by atoms with E-state index in [0.717, 1.165) is 0 Å². The molecule has 0 atom stereocenters. The summed E-state index contributed by atoms with van der Waals surface area (Å²) in [7, 11) is -0.224. The van der Waals surface area contributed by atoms with E-state index >= 15 is 0 Å². The van der Waals surface area contributed by atoms with Gasteiger partial charge in [0.05, 0.1) is 30.6 Å². The fourth-order valence-electron chi connectivity index (χ4n) is 1.85. The van der Waals surface area contributed by atoms with Gasteiger partial charge in [0.1, 0.15) is 0 Å². The van der Waals surface area contributed by atoms with Crippen molar-refractivity contribution in [2.45, 2.75) is 11.3 Å². The van der Waals surface area contributed by atoms with Crippen LogP contribution >= 0.6 is 0 Å². The van der Waals surface area contributed by atoms with Gasteiger partial charge in [-0.2, -0.15) is 0 Å². The molecule has 1 aliphatic rings. The van der Waals surface area contributed by atoms with Crippen LogP contribution in [-0.2, 0) is 9.84 Å². The molecule has 17 heavy (non-hydrogen) atoms. The maximum absolute atomic E-state index is 12.0. The predicted molar refractivity (Wildman–Crippen MR) is 64.7 cm³/mol. The van der Waals surface area contributed by atoms with Crippen LogP contribution < -0.4 is 14.8 Å². The smallest absolute Gasteiger partial charge is 0.180 e. The summed E-state index contributed by atoms with van der Waals surface area (Å²) in [6.07, 6.45) is 0.599. The second-order valence-electron chi connectivity index (χ2n) is 3.80. The van der Waals surface area contributed by atoms with E-state index < -0.39 is 9.84 Å². The zero-order valence-corrected chi connectivity index (χ0v) is 10.6. The first-order valence-corrected chi connectivity index (χ1v) is 6.96. The Morgan fingerprint density at radius 2 is 1.82 bits per heavy atom. The Bertz CT molecular complexity index is 525. The Labute approximate surface area is 101 Å². The number of anilines is 1. The van der Waals surface area contributed by atoms with Crippen LogP contribution in [0.15, 0.2) is 17.0 Å². The first-order chi connectivity index (χ1) is 8.08. The van der Waals surface area contributed by atoms with Crippen LogP contribution in [-0.4, -0.2) is 34.9 Å². The van der Waals surface area contributed by atoms with Crippen molar-refractivity contribution in [3.63, 3.8) is 0 Å². The Hall–Kier alpha value is -1.43. The normalized spacial score (nSPS) is 17.5. The van der Waals surface area contributed by atoms with E-state index in [9.17, 15) is 8.42 Å². The van der Waals surface area contributed by atoms with Gasteiger partial charge in [0, 0.05) is 18.7 Å². The van der Waals surface area contributed by atoms with E-state index in [4.69, 9.17) is 9.47 Å². The number of hydrogen-bond donors (Lipinski definition) is 1. The van der Waals surface area contributed by atoms with E-state index in [1.807, 2.05) is 0 Å². The van der Waals surface area contributed by atoms with Crippen LogP contribution in [0.4, 0.5) is 5.69 Å². The average Bonchev–Trinajstić information content (AvgIpc) is 2.46. The number of sulfone groups is 1. The number of ether oxygens (including phenoxy) is 2. The quantitative estimate of drug-likeness (QED) is 0.865. The molecule has 1 N–H and O–H groups in total. The molecular formula is C11H15NO4S. The maximum Gasteiger partial charge on any atom is 0.180 e. The molecule has 0 saturated carbocycles. The average molecular weight is 257 g/mol. The second kappa shape index (κ2) is 4.44. The molecule has 0 aromatic heterocycles. The third-order valence-electron chi connectivity index (χ3n) is 2.73. The van der Waals surface area contributed by atoms with Crippen molar-refractivity contribution in [1.29, 1.82) is 0 Å². The molecule has 0 bridgehead atoms. The summed E-state index contributed by atoms with van der Waals surface area (Å²) in [6.45, 7) is 0.641. The molecule has 0 saturated heterocycles. The van der Waals surface area contributed by atoms with E-state index in [2.05, 4.69) is 5.32 Å². The fourth-order valence-corrected chi connectivity index (χ4v) is 3.35. The SMILES string of the molecule is COc1cc2c(cc1OC)S(=O)(=O)CCCN2. The number of fused-ring (bicyclic) bond motifs is 1. The molecular weight excluding hydrogens is 242 g/mol. The van der Waals surface area contributed by atoms with Gasteiger partial charge in [0.2, 0.25) is 0 Å². The number of methoxy groups -OCH3 is 2. The summed E-state index contributed by atoms with van der Waals surface area (Å²) in [4.78, 5) is 0.285. The van der Waals surface area contributed by atoms with Crippen LogP contribution in [0, 0.1) is 0 Å². The molecule has 1 heterocycles. The minimum absolute atomic E-state index is 0.155. The topological polar surface area (TPSA) is 64.6 Å². The molecule has 0 unspecified atom stereocenters. The summed E-state index contributed by atoms with van der Waals surface area (Å²) < 4.78 is 34.3. The minimum Gasteiger partial charge on any atom is -0.493 e. The summed E-state index contributed by atoms with van der Waals surface area (Å²) >= 11 is 0. The Kier molecular flexibility index (Phi) is 3.15. The van der Waals surface area contributed by atoms with Crippen LogP contribution in [0.2, 0.25) is 0 Å². The summed E-state index contributed by atoms with van der Waals surface area (Å²) in [5.74, 6) is 1.11. The molecule has 6 heteroatoms. The van der Waals surface area contributed by atoms with Gasteiger partial charge in [-0.1, -0.05) is 0 Å². The lowest BCUT2D eigenvalue weighted by Crippen LogP contribution is -2.06. The van der Waals surface area contributed by atoms with Crippen molar-refractivity contribution in [1.82, 2.24) is 0 Å². The van der Waals surface area contributed by atoms with Gasteiger partial charge in [-0.3, -0.25) is 0 Å². The highest BCUT2D eigenvalue weighted by Crippen LogP contribution is 2.37. The zero-order valence-electron chi connectivity index (χ0n) is 9.82. The number of rotatable bonds is 2. The highest BCUT2D eigenvalue weighted by atomic mass is 32.2. The third-order valence-corrected chi connectivity index (χ3v) is 4.56. The predicted octanol–water partition coefficient (Wildman–Crippen LogP) is 1.29. The van der Waals surface area contributed by atoms with E-state index in [1.54, 1.807) is 6.07 Å². The molecule has 5 nitrogen and oxygen atoms in total. The molecule has 1 aromatic rings. The zero-order chi connectivity index (χ0) is 12.5. The van der Waals surface area contributed by atoms with Crippen LogP contribution in [0.5, 0.6) is 11.5 Å². The summed E-state index contributed by atoms with van der Waals surface area (Å²) in [5, 5.41) is 3.09. The number of hydrogen-bond acceptors (Lipinski definition) is 5. The monoisotopic (exact) mass is 257 g/mol. The lowest BCUT2D eigenvalue weighted by molar-refractivity contribution is 0.354. The van der Waals surface area contributed by atoms with Crippen molar-refractivity contribution in [2.75, 3.05) is 31.8 Å². The van der Waals surface area contributed by atoms with E-state index in [1.165, 1.54) is 20.3 Å². The van der Waals surface area contributed by atoms with Crippen LogP contribution in [0.1, 0.15) is 6.42 Å². The Morgan fingerprint density at radius 1 is 1.18 bits per heavy atom. The van der Waals surface area contributed by atoms with Gasteiger partial charge in [-0.25, -0.2) is 8.42 Å². The van der Waals surface area contributed by atoms with E-state index in [-0.39, 0.29) is 10.6 Å². The van der Waals surface area contributed by atoms with Crippen molar-refractivity contribution < 1.29 is 17.9 Å². The van der Waals surface area contributed by atoms with Gasteiger partial charge < -0.3 is 14.8 Å². The summed E-state index contributed by atoms with van der Waals surface area (Å²) in [5.41, 5.74) is 0.583. The second-order valence-corrected chi connectivity index (χ2v) is 5.88. The third kappa shape index (κ3) is 2.17. The first-order valence-electron chi connectivity index (χ1n) is 5.31. The summed E-state index contributed by atoms with van der Waals surface area (Å²) in [6, 6.07) is 3.18. The molecule has 0 aliphatic carbocycles. The molecule has 0 spiro atoms. The lowest BCUT2D eigenvalue weighted by atomic mass is 10.2. The molecule has 94 valence electrons. The van der Waals surface area contributed by atoms with Crippen molar-refractivity contribution in [2.24, 2.45) is 0 Å². The van der Waals surface area contributed by atoms with Gasteiger partial charge in [-0.15, -0.1) is 0 Å². The maximum atomic E-state index is 12.0. The van der Waals surface area contributed by atoms with Crippen LogP contribution in [0.3, 0.4) is 0 Å². The van der Waals surface area contributed by atoms with Gasteiger partial charge in [0.25, 0.3) is 0 Å². The van der Waals surface area contributed by atoms with E-state index in [0.29, 0.717) is 30.2 Å². The minimum atomic E-state index is -3.23. The standard InChI is InChI=1S/C11H15NO4S/c1-15-9-6-8-11(7-10(9)16-2)17(13,14)5-3-4-12-8/h6-7,12H,3-5H2,1-2H3. The lowest BCUT2D eigenvalue weighted by Gasteiger charge is -2.13.